The van der Waals surface area contributed by atoms with Gasteiger partial charge in [-0.05, 0) is 26.3 Å². The van der Waals surface area contributed by atoms with Gasteiger partial charge in [-0.2, -0.15) is 10.2 Å². The van der Waals surface area contributed by atoms with Crippen LogP contribution < -0.4 is 0 Å². The van der Waals surface area contributed by atoms with Crippen LogP contribution in [0, 0.1) is 13.8 Å². The van der Waals surface area contributed by atoms with Crippen LogP contribution in [0.25, 0.3) is 0 Å². The van der Waals surface area contributed by atoms with Crippen molar-refractivity contribution in [1.82, 2.24) is 19.6 Å². The van der Waals surface area contributed by atoms with E-state index >= 15 is 0 Å². The van der Waals surface area contributed by atoms with Gasteiger partial charge in [-0.15, -0.1) is 0 Å². The lowest BCUT2D eigenvalue weighted by Crippen LogP contribution is -2.09. The van der Waals surface area contributed by atoms with Gasteiger partial charge >= 0.3 is 0 Å². The van der Waals surface area contributed by atoms with E-state index in [1.54, 1.807) is 0 Å². The van der Waals surface area contributed by atoms with E-state index in [2.05, 4.69) is 10.2 Å². The first-order valence-electron chi connectivity index (χ1n) is 6.73. The molecule has 5 heteroatoms. The monoisotopic (exact) mass is 262 g/mol. The molecule has 1 unspecified atom stereocenters. The molecule has 0 amide bonds. The summed E-state index contributed by atoms with van der Waals surface area (Å²) in [6.45, 7) is 6.78. The average molecular weight is 262 g/mol. The Morgan fingerprint density at radius 2 is 2.11 bits per heavy atom. The van der Waals surface area contributed by atoms with E-state index in [1.807, 2.05) is 49.4 Å². The summed E-state index contributed by atoms with van der Waals surface area (Å²) in [5.41, 5.74) is 4.16. The maximum absolute atomic E-state index is 10.0. The predicted octanol–water partition coefficient (Wildman–Crippen LogP) is 1.92. The minimum Gasteiger partial charge on any atom is -0.388 e. The highest BCUT2D eigenvalue weighted by Gasteiger charge is 2.17. The van der Waals surface area contributed by atoms with Crippen molar-refractivity contribution in [3.05, 3.63) is 34.9 Å². The number of aromatic nitrogens is 4. The molecule has 1 N–H and O–H groups in total. The number of hydrogen-bond acceptors (Lipinski definition) is 3. The molecule has 0 aliphatic carbocycles. The van der Waals surface area contributed by atoms with Crippen LogP contribution in [0.1, 0.15) is 42.1 Å². The van der Waals surface area contributed by atoms with E-state index in [0.717, 1.165) is 36.3 Å². The third-order valence-electron chi connectivity index (χ3n) is 3.66. The summed E-state index contributed by atoms with van der Waals surface area (Å²) in [7, 11) is 1.95. The van der Waals surface area contributed by atoms with Gasteiger partial charge in [0, 0.05) is 43.2 Å². The smallest absolute Gasteiger partial charge is 0.0823 e. The summed E-state index contributed by atoms with van der Waals surface area (Å²) in [4.78, 5) is 0. The molecule has 1 atom stereocenters. The molecule has 19 heavy (non-hydrogen) atoms. The topological polar surface area (TPSA) is 55.9 Å². The van der Waals surface area contributed by atoms with Crippen molar-refractivity contribution in [2.45, 2.75) is 46.3 Å². The Kier molecular flexibility index (Phi) is 4.04. The Morgan fingerprint density at radius 1 is 1.37 bits per heavy atom. The molecule has 104 valence electrons. The molecule has 0 aliphatic heterocycles. The lowest BCUT2D eigenvalue weighted by molar-refractivity contribution is 0.172. The van der Waals surface area contributed by atoms with Crippen LogP contribution in [0.2, 0.25) is 0 Å². The molecule has 0 fully saturated rings. The first-order valence-corrected chi connectivity index (χ1v) is 6.73. The van der Waals surface area contributed by atoms with Crippen molar-refractivity contribution >= 4 is 0 Å². The first kappa shape index (κ1) is 13.8. The number of rotatable bonds is 5. The highest BCUT2D eigenvalue weighted by atomic mass is 16.3. The second-order valence-corrected chi connectivity index (χ2v) is 4.93. The molecular formula is C14H22N4O. The Bertz CT molecular complexity index is 556. The second kappa shape index (κ2) is 5.57. The molecule has 0 aliphatic rings. The van der Waals surface area contributed by atoms with Crippen molar-refractivity contribution < 1.29 is 5.11 Å². The van der Waals surface area contributed by atoms with Gasteiger partial charge in [-0.1, -0.05) is 6.92 Å². The zero-order valence-corrected chi connectivity index (χ0v) is 12.1. The van der Waals surface area contributed by atoms with Gasteiger partial charge in [0.1, 0.15) is 0 Å². The zero-order valence-electron chi connectivity index (χ0n) is 12.1. The van der Waals surface area contributed by atoms with Gasteiger partial charge in [-0.3, -0.25) is 9.36 Å². The Morgan fingerprint density at radius 3 is 2.68 bits per heavy atom. The van der Waals surface area contributed by atoms with Gasteiger partial charge in [-0.25, -0.2) is 0 Å². The SMILES string of the molecule is CCC(O)c1c(C)nn(CCc2ccnn2C)c1C. The van der Waals surface area contributed by atoms with Gasteiger partial charge in [0.15, 0.2) is 0 Å². The van der Waals surface area contributed by atoms with E-state index in [1.165, 1.54) is 5.69 Å². The summed E-state index contributed by atoms with van der Waals surface area (Å²) in [5.74, 6) is 0. The number of hydrogen-bond donors (Lipinski definition) is 1. The molecule has 0 bridgehead atoms. The summed E-state index contributed by atoms with van der Waals surface area (Å²) in [5, 5.41) is 18.7. The maximum atomic E-state index is 10.0. The summed E-state index contributed by atoms with van der Waals surface area (Å²) in [6.07, 6.45) is 3.00. The van der Waals surface area contributed by atoms with Crippen molar-refractivity contribution in [2.24, 2.45) is 7.05 Å². The Hall–Kier alpha value is -1.62. The van der Waals surface area contributed by atoms with Crippen molar-refractivity contribution in [3.8, 4) is 0 Å². The molecule has 0 spiro atoms. The van der Waals surface area contributed by atoms with Crippen LogP contribution in [-0.2, 0) is 20.0 Å². The molecule has 5 nitrogen and oxygen atoms in total. The second-order valence-electron chi connectivity index (χ2n) is 4.93. The fourth-order valence-electron chi connectivity index (χ4n) is 2.48. The predicted molar refractivity (Wildman–Crippen MR) is 73.9 cm³/mol. The van der Waals surface area contributed by atoms with Crippen LogP contribution in [0.5, 0.6) is 0 Å². The van der Waals surface area contributed by atoms with Gasteiger partial charge < -0.3 is 5.11 Å². The highest BCUT2D eigenvalue weighted by molar-refractivity contribution is 5.27. The number of aliphatic hydroxyl groups excluding tert-OH is 1. The number of aryl methyl sites for hydroxylation is 4. The highest BCUT2D eigenvalue weighted by Crippen LogP contribution is 2.23. The normalized spacial score (nSPS) is 12.9. The zero-order chi connectivity index (χ0) is 14.0. The van der Waals surface area contributed by atoms with Gasteiger partial charge in [0.25, 0.3) is 0 Å². The minimum absolute atomic E-state index is 0.412. The largest absolute Gasteiger partial charge is 0.388 e. The maximum Gasteiger partial charge on any atom is 0.0823 e. The van der Waals surface area contributed by atoms with Crippen molar-refractivity contribution in [3.63, 3.8) is 0 Å². The van der Waals surface area contributed by atoms with Crippen LogP contribution in [-0.4, -0.2) is 24.7 Å². The van der Waals surface area contributed by atoms with Crippen molar-refractivity contribution in [2.75, 3.05) is 0 Å². The molecule has 2 aromatic heterocycles. The molecule has 2 heterocycles. The fraction of sp³-hybridized carbons (Fsp3) is 0.571. The fourth-order valence-corrected chi connectivity index (χ4v) is 2.48. The third-order valence-corrected chi connectivity index (χ3v) is 3.66. The van der Waals surface area contributed by atoms with Crippen molar-refractivity contribution in [1.29, 1.82) is 0 Å². The molecule has 0 radical (unpaired) electrons. The molecule has 0 aromatic carbocycles. The summed E-state index contributed by atoms with van der Waals surface area (Å²) < 4.78 is 3.87. The summed E-state index contributed by atoms with van der Waals surface area (Å²) >= 11 is 0. The average Bonchev–Trinajstić information content (AvgIpc) is 2.90. The minimum atomic E-state index is -0.412. The summed E-state index contributed by atoms with van der Waals surface area (Å²) in [6, 6.07) is 2.02. The lowest BCUT2D eigenvalue weighted by Gasteiger charge is -2.09. The van der Waals surface area contributed by atoms with Crippen LogP contribution in [0.15, 0.2) is 12.3 Å². The quantitative estimate of drug-likeness (QED) is 0.895. The van der Waals surface area contributed by atoms with Crippen LogP contribution in [0.4, 0.5) is 0 Å². The molecule has 0 saturated carbocycles. The van der Waals surface area contributed by atoms with Gasteiger partial charge in [0.2, 0.25) is 0 Å². The number of aliphatic hydroxyl groups is 1. The van der Waals surface area contributed by atoms with Crippen LogP contribution >= 0.6 is 0 Å². The third kappa shape index (κ3) is 2.71. The van der Waals surface area contributed by atoms with Crippen LogP contribution in [0.3, 0.4) is 0 Å². The first-order chi connectivity index (χ1) is 9.04. The van der Waals surface area contributed by atoms with E-state index in [-0.39, 0.29) is 0 Å². The molecule has 2 aromatic rings. The van der Waals surface area contributed by atoms with E-state index in [0.29, 0.717) is 0 Å². The molecular weight excluding hydrogens is 240 g/mol. The molecule has 0 saturated heterocycles. The van der Waals surface area contributed by atoms with E-state index in [9.17, 15) is 5.11 Å². The Balaban J connectivity index is 2.16. The van der Waals surface area contributed by atoms with Gasteiger partial charge in [0.05, 0.1) is 11.8 Å². The molecule has 2 rings (SSSR count). The lowest BCUT2D eigenvalue weighted by atomic mass is 10.1. The van der Waals surface area contributed by atoms with E-state index in [4.69, 9.17) is 0 Å². The Labute approximate surface area is 113 Å². The standard InChI is InChI=1S/C14H22N4O/c1-5-13(19)14-10(2)16-18(11(14)3)9-7-12-6-8-15-17(12)4/h6,8,13,19H,5,7,9H2,1-4H3. The number of nitrogens with zero attached hydrogens (tertiary/aromatic N) is 4. The van der Waals surface area contributed by atoms with E-state index < -0.39 is 6.10 Å².